The maximum Gasteiger partial charge on any atom is 0.309 e. The van der Waals surface area contributed by atoms with Crippen LogP contribution in [-0.2, 0) is 4.79 Å². The first-order valence-corrected chi connectivity index (χ1v) is 6.63. The van der Waals surface area contributed by atoms with Crippen LogP contribution in [0.3, 0.4) is 0 Å². The Bertz CT molecular complexity index is 573. The average molecular weight is 332 g/mol. The zero-order valence-corrected chi connectivity index (χ0v) is 12.4. The van der Waals surface area contributed by atoms with Crippen molar-refractivity contribution in [2.24, 2.45) is 0 Å². The summed E-state index contributed by atoms with van der Waals surface area (Å²) in [4.78, 5) is 24.5. The molecule has 0 aromatic heterocycles. The maximum absolute atomic E-state index is 12.7. The number of rotatable bonds is 7. The number of benzene rings is 1. The van der Waals surface area contributed by atoms with E-state index >= 15 is 0 Å². The van der Waals surface area contributed by atoms with Gasteiger partial charge in [-0.1, -0.05) is 6.58 Å². The zero-order valence-electron chi connectivity index (χ0n) is 12.4. The van der Waals surface area contributed by atoms with Gasteiger partial charge in [0.15, 0.2) is 0 Å². The minimum atomic E-state index is -4.13. The Morgan fingerprint density at radius 2 is 1.87 bits per heavy atom. The molecule has 0 unspecified atom stereocenters. The van der Waals surface area contributed by atoms with E-state index in [1.54, 1.807) is 0 Å². The highest BCUT2D eigenvalue weighted by molar-refractivity contribution is 6.01. The van der Waals surface area contributed by atoms with Gasteiger partial charge in [0.1, 0.15) is 0 Å². The normalized spacial score (nSPS) is 11.2. The monoisotopic (exact) mass is 332 g/mol. The van der Waals surface area contributed by atoms with Crippen LogP contribution in [-0.4, -0.2) is 37.8 Å². The molecule has 2 amide bonds. The predicted molar refractivity (Wildman–Crippen MR) is 78.0 cm³/mol. The van der Waals surface area contributed by atoms with Crippen molar-refractivity contribution in [3.63, 3.8) is 0 Å². The van der Waals surface area contributed by atoms with E-state index in [2.05, 4.69) is 11.9 Å². The lowest BCUT2D eigenvalue weighted by Gasteiger charge is -2.16. The first kappa shape index (κ1) is 18.7. The lowest BCUT2D eigenvalue weighted by atomic mass is 10.1. The molecule has 23 heavy (non-hydrogen) atoms. The summed E-state index contributed by atoms with van der Waals surface area (Å²) in [6.45, 7) is 2.77. The Labute approximate surface area is 130 Å². The summed E-state index contributed by atoms with van der Waals surface area (Å²) in [5.41, 5.74) is 0.671. The van der Waals surface area contributed by atoms with Gasteiger partial charge in [-0.3, -0.25) is 9.59 Å². The molecule has 4 nitrogen and oxygen atoms in total. The van der Waals surface area contributed by atoms with Gasteiger partial charge in [0, 0.05) is 31.3 Å². The fourth-order valence-electron chi connectivity index (χ4n) is 1.65. The number of halogens is 4. The zero-order chi connectivity index (χ0) is 17.6. The van der Waals surface area contributed by atoms with Crippen LogP contribution < -0.4 is 10.2 Å². The minimum Gasteiger partial charge on any atom is -0.352 e. The van der Waals surface area contributed by atoms with E-state index in [1.807, 2.05) is 0 Å². The second-order valence-corrected chi connectivity index (χ2v) is 4.72. The van der Waals surface area contributed by atoms with E-state index in [1.165, 1.54) is 36.2 Å². The van der Waals surface area contributed by atoms with Crippen LogP contribution in [0.25, 0.3) is 0 Å². The van der Waals surface area contributed by atoms with Gasteiger partial charge in [0.25, 0.3) is 5.91 Å². The topological polar surface area (TPSA) is 49.4 Å². The molecule has 126 valence electrons. The standard InChI is InChI=1S/C15H16F4N2O2/c1-3-12(22)21(2)11-6-4-10(5-7-11)13(23)20-9-8-15(18,19)14(16)17/h3-7,14H,1,8-9H2,2H3,(H,20,23). The maximum atomic E-state index is 12.7. The molecular weight excluding hydrogens is 316 g/mol. The summed E-state index contributed by atoms with van der Waals surface area (Å²) in [6.07, 6.45) is -3.79. The van der Waals surface area contributed by atoms with E-state index < -0.39 is 31.2 Å². The highest BCUT2D eigenvalue weighted by Gasteiger charge is 2.39. The van der Waals surface area contributed by atoms with E-state index in [-0.39, 0.29) is 11.5 Å². The SMILES string of the molecule is C=CC(=O)N(C)c1ccc(C(=O)NCCC(F)(F)C(F)F)cc1. The number of carbonyl (C=O) groups is 2. The fourth-order valence-corrected chi connectivity index (χ4v) is 1.65. The molecule has 0 radical (unpaired) electrons. The van der Waals surface area contributed by atoms with Crippen molar-refractivity contribution in [1.82, 2.24) is 5.32 Å². The molecule has 1 N–H and O–H groups in total. The second kappa shape index (κ2) is 7.75. The lowest BCUT2D eigenvalue weighted by molar-refractivity contribution is -0.131. The number of amides is 2. The highest BCUT2D eigenvalue weighted by Crippen LogP contribution is 2.25. The number of carbonyl (C=O) groups excluding carboxylic acids is 2. The second-order valence-electron chi connectivity index (χ2n) is 4.72. The molecule has 0 spiro atoms. The third kappa shape index (κ3) is 5.08. The number of nitrogens with zero attached hydrogens (tertiary/aromatic N) is 1. The fraction of sp³-hybridized carbons (Fsp3) is 0.333. The molecule has 1 aromatic rings. The molecule has 0 fully saturated rings. The third-order valence-electron chi connectivity index (χ3n) is 3.09. The number of likely N-dealkylation sites (N-methyl/N-ethyl adjacent to an activating group) is 1. The Kier molecular flexibility index (Phi) is 6.29. The van der Waals surface area contributed by atoms with Crippen LogP contribution in [0.2, 0.25) is 0 Å². The van der Waals surface area contributed by atoms with Gasteiger partial charge in [0.05, 0.1) is 0 Å². The molecule has 0 heterocycles. The lowest BCUT2D eigenvalue weighted by Crippen LogP contribution is -2.33. The predicted octanol–water partition coefficient (Wildman–Crippen LogP) is 2.86. The summed E-state index contributed by atoms with van der Waals surface area (Å²) in [6, 6.07) is 5.76. The van der Waals surface area contributed by atoms with E-state index in [0.29, 0.717) is 5.69 Å². The van der Waals surface area contributed by atoms with E-state index in [4.69, 9.17) is 0 Å². The van der Waals surface area contributed by atoms with Gasteiger partial charge in [-0.2, -0.15) is 0 Å². The van der Waals surface area contributed by atoms with Crippen LogP contribution in [0.1, 0.15) is 16.8 Å². The average Bonchev–Trinajstić information content (AvgIpc) is 2.53. The molecule has 0 aliphatic rings. The Morgan fingerprint density at radius 3 is 2.35 bits per heavy atom. The van der Waals surface area contributed by atoms with E-state index in [9.17, 15) is 27.2 Å². The van der Waals surface area contributed by atoms with Crippen molar-refractivity contribution >= 4 is 17.5 Å². The van der Waals surface area contributed by atoms with Crippen LogP contribution in [0, 0.1) is 0 Å². The van der Waals surface area contributed by atoms with Gasteiger partial charge in [0.2, 0.25) is 5.91 Å². The molecule has 1 aromatic carbocycles. The quantitative estimate of drug-likeness (QED) is 0.617. The molecule has 0 aliphatic carbocycles. The van der Waals surface area contributed by atoms with Crippen molar-refractivity contribution < 1.29 is 27.2 Å². The van der Waals surface area contributed by atoms with Gasteiger partial charge in [-0.15, -0.1) is 0 Å². The molecular formula is C15H16F4N2O2. The largest absolute Gasteiger partial charge is 0.352 e. The van der Waals surface area contributed by atoms with Gasteiger partial charge >= 0.3 is 12.3 Å². The molecule has 0 bridgehead atoms. The first-order chi connectivity index (χ1) is 10.7. The summed E-state index contributed by atoms with van der Waals surface area (Å²) >= 11 is 0. The van der Waals surface area contributed by atoms with Crippen molar-refractivity contribution in [1.29, 1.82) is 0 Å². The highest BCUT2D eigenvalue weighted by atomic mass is 19.3. The van der Waals surface area contributed by atoms with Crippen LogP contribution in [0.4, 0.5) is 23.2 Å². The van der Waals surface area contributed by atoms with Crippen molar-refractivity contribution in [2.45, 2.75) is 18.8 Å². The Balaban J connectivity index is 2.61. The van der Waals surface area contributed by atoms with Crippen LogP contribution in [0.5, 0.6) is 0 Å². The number of hydrogen-bond acceptors (Lipinski definition) is 2. The smallest absolute Gasteiger partial charge is 0.309 e. The number of nitrogens with one attached hydrogen (secondary N) is 1. The van der Waals surface area contributed by atoms with E-state index in [0.717, 1.165) is 6.08 Å². The van der Waals surface area contributed by atoms with Crippen molar-refractivity contribution in [2.75, 3.05) is 18.5 Å². The number of alkyl halides is 4. The van der Waals surface area contributed by atoms with Gasteiger partial charge in [-0.25, -0.2) is 17.6 Å². The number of anilines is 1. The van der Waals surface area contributed by atoms with Crippen LogP contribution in [0.15, 0.2) is 36.9 Å². The summed E-state index contributed by atoms with van der Waals surface area (Å²) in [5, 5.41) is 2.14. The molecule has 0 atom stereocenters. The van der Waals surface area contributed by atoms with Crippen LogP contribution >= 0.6 is 0 Å². The Hall–Kier alpha value is -2.38. The summed E-state index contributed by atoms with van der Waals surface area (Å²) in [7, 11) is 1.52. The molecule has 1 rings (SSSR count). The first-order valence-electron chi connectivity index (χ1n) is 6.63. The minimum absolute atomic E-state index is 0.161. The Morgan fingerprint density at radius 1 is 1.30 bits per heavy atom. The molecule has 0 saturated heterocycles. The summed E-state index contributed by atoms with van der Waals surface area (Å²) in [5.74, 6) is -5.14. The van der Waals surface area contributed by atoms with Gasteiger partial charge < -0.3 is 10.2 Å². The van der Waals surface area contributed by atoms with Crippen molar-refractivity contribution in [3.05, 3.63) is 42.5 Å². The molecule has 0 saturated carbocycles. The third-order valence-corrected chi connectivity index (χ3v) is 3.09. The van der Waals surface area contributed by atoms with Crippen molar-refractivity contribution in [3.8, 4) is 0 Å². The number of hydrogen-bond donors (Lipinski definition) is 1. The molecule has 8 heteroatoms. The molecule has 0 aliphatic heterocycles. The van der Waals surface area contributed by atoms with Gasteiger partial charge in [-0.05, 0) is 30.3 Å². The summed E-state index contributed by atoms with van der Waals surface area (Å²) < 4.78 is 49.4.